The molecular formula is C28H30ClFN6O3. The van der Waals surface area contributed by atoms with E-state index in [4.69, 9.17) is 5.73 Å². The molecule has 2 aliphatic rings. The minimum atomic E-state index is -1.15. The fraction of sp³-hybridized carbons (Fsp3) is 0.357. The van der Waals surface area contributed by atoms with Crippen molar-refractivity contribution in [3.8, 4) is 5.69 Å². The molecule has 1 saturated heterocycles. The number of amides is 1. The van der Waals surface area contributed by atoms with Crippen LogP contribution in [0.3, 0.4) is 0 Å². The highest BCUT2D eigenvalue weighted by molar-refractivity contribution is 5.94. The van der Waals surface area contributed by atoms with Crippen molar-refractivity contribution in [3.63, 3.8) is 0 Å². The minimum absolute atomic E-state index is 0. The second kappa shape index (κ2) is 10.2. The summed E-state index contributed by atoms with van der Waals surface area (Å²) in [6.07, 6.45) is 5.68. The Morgan fingerprint density at radius 3 is 2.31 bits per heavy atom. The van der Waals surface area contributed by atoms with Gasteiger partial charge >= 0.3 is 0 Å². The van der Waals surface area contributed by atoms with Crippen LogP contribution in [0.25, 0.3) is 16.7 Å². The van der Waals surface area contributed by atoms with Crippen LogP contribution >= 0.6 is 12.4 Å². The van der Waals surface area contributed by atoms with Crippen molar-refractivity contribution in [2.24, 2.45) is 5.73 Å². The van der Waals surface area contributed by atoms with Gasteiger partial charge in [-0.05, 0) is 67.6 Å². The van der Waals surface area contributed by atoms with Gasteiger partial charge in [0.05, 0.1) is 24.0 Å². The van der Waals surface area contributed by atoms with Gasteiger partial charge < -0.3 is 15.7 Å². The number of piperidine rings is 1. The molecule has 1 aliphatic heterocycles. The minimum Gasteiger partial charge on any atom is -0.388 e. The van der Waals surface area contributed by atoms with Gasteiger partial charge in [0.25, 0.3) is 11.5 Å². The molecule has 9 nitrogen and oxygen atoms in total. The summed E-state index contributed by atoms with van der Waals surface area (Å²) in [7, 11) is 0. The number of benzene rings is 2. The Bertz CT molecular complexity index is 1560. The normalized spacial score (nSPS) is 17.6. The third kappa shape index (κ3) is 4.95. The van der Waals surface area contributed by atoms with E-state index in [2.05, 4.69) is 10.1 Å². The van der Waals surface area contributed by atoms with Crippen LogP contribution in [0.2, 0.25) is 0 Å². The van der Waals surface area contributed by atoms with Crippen molar-refractivity contribution in [2.45, 2.75) is 43.2 Å². The van der Waals surface area contributed by atoms with E-state index in [1.165, 1.54) is 39.5 Å². The van der Waals surface area contributed by atoms with Crippen LogP contribution in [0, 0.1) is 5.82 Å². The van der Waals surface area contributed by atoms with Gasteiger partial charge in [0.1, 0.15) is 17.5 Å². The van der Waals surface area contributed by atoms with Gasteiger partial charge in [-0.25, -0.2) is 14.1 Å². The number of rotatable bonds is 6. The van der Waals surface area contributed by atoms with Gasteiger partial charge in [-0.1, -0.05) is 12.1 Å². The Balaban J connectivity index is 0.00000308. The van der Waals surface area contributed by atoms with Gasteiger partial charge in [-0.15, -0.1) is 12.4 Å². The van der Waals surface area contributed by atoms with Crippen molar-refractivity contribution < 1.29 is 14.3 Å². The molecule has 0 atom stereocenters. The summed E-state index contributed by atoms with van der Waals surface area (Å²) in [5.74, 6) is -0.432. The van der Waals surface area contributed by atoms with Crippen LogP contribution in [-0.2, 0) is 12.0 Å². The topological polar surface area (TPSA) is 119 Å². The molecule has 6 rings (SSSR count). The molecule has 2 fully saturated rings. The number of carbonyl (C=O) groups excluding carboxylic acids is 1. The monoisotopic (exact) mass is 552 g/mol. The first-order chi connectivity index (χ1) is 18.3. The van der Waals surface area contributed by atoms with Crippen molar-refractivity contribution in [3.05, 3.63) is 88.4 Å². The Morgan fingerprint density at radius 1 is 1.03 bits per heavy atom. The number of fused-ring (bicyclic) bond motifs is 1. The zero-order chi connectivity index (χ0) is 26.5. The molecule has 1 aliphatic carbocycles. The van der Waals surface area contributed by atoms with Crippen LogP contribution in [0.4, 0.5) is 4.39 Å². The number of halogens is 2. The lowest BCUT2D eigenvalue weighted by atomic mass is 9.90. The van der Waals surface area contributed by atoms with Crippen LogP contribution in [0.5, 0.6) is 0 Å². The second-order valence-electron chi connectivity index (χ2n) is 10.5. The highest BCUT2D eigenvalue weighted by Gasteiger charge is 2.43. The third-order valence-corrected chi connectivity index (χ3v) is 8.06. The fourth-order valence-electron chi connectivity index (χ4n) is 5.34. The predicted molar refractivity (Wildman–Crippen MR) is 147 cm³/mol. The Morgan fingerprint density at radius 2 is 1.69 bits per heavy atom. The molecule has 2 aromatic carbocycles. The standard InChI is InChI=1S/C28H29FN6O3.ClH/c29-21-5-7-22(8-6-21)35-24-23(15-32-35)26(37)34(18-31-24)17-28(38)11-13-33(14-12-28)25(36)19-1-3-20(4-2-19)27(16-30)9-10-27;/h1-8,15,18,38H,9-14,16-17,30H2;1H. The van der Waals surface area contributed by atoms with E-state index < -0.39 is 5.60 Å². The summed E-state index contributed by atoms with van der Waals surface area (Å²) in [6, 6.07) is 13.5. The zero-order valence-electron chi connectivity index (χ0n) is 21.3. The molecule has 39 heavy (non-hydrogen) atoms. The molecule has 0 radical (unpaired) electrons. The average Bonchev–Trinajstić information content (AvgIpc) is 3.62. The number of hydrogen-bond donors (Lipinski definition) is 2. The smallest absolute Gasteiger partial charge is 0.264 e. The molecule has 2 aromatic heterocycles. The summed E-state index contributed by atoms with van der Waals surface area (Å²) < 4.78 is 16.2. The zero-order valence-corrected chi connectivity index (χ0v) is 22.1. The summed E-state index contributed by atoms with van der Waals surface area (Å²) in [4.78, 5) is 32.4. The van der Waals surface area contributed by atoms with E-state index in [1.54, 1.807) is 17.0 Å². The molecule has 0 unspecified atom stereocenters. The molecule has 1 amide bonds. The van der Waals surface area contributed by atoms with Gasteiger partial charge in [0.2, 0.25) is 0 Å². The predicted octanol–water partition coefficient (Wildman–Crippen LogP) is 2.80. The highest BCUT2D eigenvalue weighted by atomic mass is 35.5. The molecule has 4 aromatic rings. The molecule has 3 heterocycles. The number of aromatic nitrogens is 4. The van der Waals surface area contributed by atoms with E-state index in [1.807, 2.05) is 24.3 Å². The quantitative estimate of drug-likeness (QED) is 0.380. The number of nitrogens with two attached hydrogens (primary N) is 1. The molecule has 0 spiro atoms. The summed E-state index contributed by atoms with van der Waals surface area (Å²) >= 11 is 0. The van der Waals surface area contributed by atoms with Crippen molar-refractivity contribution >= 4 is 29.3 Å². The number of carbonyl (C=O) groups is 1. The van der Waals surface area contributed by atoms with Gasteiger partial charge in [-0.3, -0.25) is 14.2 Å². The first kappa shape index (κ1) is 27.0. The maximum absolute atomic E-state index is 13.3. The lowest BCUT2D eigenvalue weighted by Crippen LogP contribution is -2.49. The summed E-state index contributed by atoms with van der Waals surface area (Å²) in [5.41, 5.74) is 7.29. The Kier molecular flexibility index (Phi) is 7.04. The van der Waals surface area contributed by atoms with Crippen molar-refractivity contribution in [2.75, 3.05) is 19.6 Å². The second-order valence-corrected chi connectivity index (χ2v) is 10.5. The summed E-state index contributed by atoms with van der Waals surface area (Å²) in [6.45, 7) is 1.45. The first-order valence-corrected chi connectivity index (χ1v) is 12.8. The lowest BCUT2D eigenvalue weighted by Gasteiger charge is -2.38. The third-order valence-electron chi connectivity index (χ3n) is 8.06. The number of aliphatic hydroxyl groups is 1. The van der Waals surface area contributed by atoms with Gasteiger partial charge in [0, 0.05) is 30.6 Å². The number of hydrogen-bond acceptors (Lipinski definition) is 6. The van der Waals surface area contributed by atoms with E-state index in [9.17, 15) is 19.1 Å². The van der Waals surface area contributed by atoms with Crippen molar-refractivity contribution in [1.82, 2.24) is 24.2 Å². The fourth-order valence-corrected chi connectivity index (χ4v) is 5.34. The molecule has 204 valence electrons. The van der Waals surface area contributed by atoms with E-state index in [0.717, 1.165) is 12.8 Å². The highest BCUT2D eigenvalue weighted by Crippen LogP contribution is 2.47. The van der Waals surface area contributed by atoms with Crippen molar-refractivity contribution in [1.29, 1.82) is 0 Å². The molecule has 3 N–H and O–H groups in total. The Labute approximate surface area is 230 Å². The first-order valence-electron chi connectivity index (χ1n) is 12.8. The molecule has 1 saturated carbocycles. The SMILES string of the molecule is Cl.NCC1(c2ccc(C(=O)N3CCC(O)(Cn4cnc5c(cnn5-c5ccc(F)cc5)c4=O)CC3)cc2)CC1. The van der Waals surface area contributed by atoms with Gasteiger partial charge in [0.15, 0.2) is 5.65 Å². The number of likely N-dealkylation sites (tertiary alicyclic amines) is 1. The molecule has 0 bridgehead atoms. The lowest BCUT2D eigenvalue weighted by molar-refractivity contribution is -0.0299. The molecule has 11 heteroatoms. The number of nitrogens with zero attached hydrogens (tertiary/aromatic N) is 5. The maximum atomic E-state index is 13.3. The van der Waals surface area contributed by atoms with E-state index >= 15 is 0 Å². The van der Waals surface area contributed by atoms with Crippen LogP contribution < -0.4 is 11.3 Å². The largest absolute Gasteiger partial charge is 0.388 e. The average molecular weight is 553 g/mol. The van der Waals surface area contributed by atoms with Crippen LogP contribution in [-0.4, -0.2) is 60.5 Å². The maximum Gasteiger partial charge on any atom is 0.264 e. The Hall–Kier alpha value is -3.60. The van der Waals surface area contributed by atoms with Gasteiger partial charge in [-0.2, -0.15) is 5.10 Å². The summed E-state index contributed by atoms with van der Waals surface area (Å²) in [5, 5.41) is 15.8. The van der Waals surface area contributed by atoms with E-state index in [-0.39, 0.29) is 41.7 Å². The molecular weight excluding hydrogens is 523 g/mol. The van der Waals surface area contributed by atoms with Crippen LogP contribution in [0.15, 0.2) is 65.8 Å². The van der Waals surface area contributed by atoms with E-state index in [0.29, 0.717) is 54.8 Å². The van der Waals surface area contributed by atoms with Crippen LogP contribution in [0.1, 0.15) is 41.6 Å².